The molecule has 0 aromatic heterocycles. The van der Waals surface area contributed by atoms with Crippen LogP contribution in [0.25, 0.3) is 0 Å². The molecule has 2 aromatic rings. The number of benzene rings is 2. The maximum absolute atomic E-state index is 5.96. The number of hydrogen-bond acceptors (Lipinski definition) is 6. The zero-order valence-corrected chi connectivity index (χ0v) is 21.5. The van der Waals surface area contributed by atoms with E-state index < -0.39 is 12.6 Å². The molecule has 1 fully saturated rings. The van der Waals surface area contributed by atoms with Gasteiger partial charge in [0, 0.05) is 0 Å². The first-order valence-electron chi connectivity index (χ1n) is 12.3. The highest BCUT2D eigenvalue weighted by Gasteiger charge is 2.28. The minimum atomic E-state index is -0.591. The Labute approximate surface area is 204 Å². The smallest absolute Gasteiger partial charge is 0.209 e. The number of hydrogen-bond donors (Lipinski definition) is 0. The maximum atomic E-state index is 5.96. The lowest BCUT2D eigenvalue weighted by molar-refractivity contribution is -0.321. The molecule has 1 heterocycles. The van der Waals surface area contributed by atoms with Gasteiger partial charge >= 0.3 is 0 Å². The Kier molecular flexibility index (Phi) is 10.2. The second-order valence-corrected chi connectivity index (χ2v) is 9.28. The summed E-state index contributed by atoms with van der Waals surface area (Å²) in [5.41, 5.74) is 4.73. The van der Waals surface area contributed by atoms with Gasteiger partial charge in [-0.1, -0.05) is 52.0 Å². The normalized spacial score (nSPS) is 18.5. The van der Waals surface area contributed by atoms with E-state index in [2.05, 4.69) is 64.1 Å². The van der Waals surface area contributed by atoms with Crippen molar-refractivity contribution in [2.24, 2.45) is 0 Å². The van der Waals surface area contributed by atoms with Gasteiger partial charge in [0.15, 0.2) is 0 Å². The first-order valence-corrected chi connectivity index (χ1v) is 12.3. The standard InChI is InChI=1S/C28H40O6/c1-19(2)23-9-7-21(5)25(17-23)29-11-13-31-27-28(34-16-15-33-27)32-14-12-30-26-18-24(20(3)4)10-8-22(26)6/h7-10,17-20,27-28H,11-16H2,1-6H3. The molecule has 1 saturated heterocycles. The summed E-state index contributed by atoms with van der Waals surface area (Å²) >= 11 is 0. The molecular weight excluding hydrogens is 432 g/mol. The van der Waals surface area contributed by atoms with Crippen LogP contribution in [0.2, 0.25) is 0 Å². The van der Waals surface area contributed by atoms with Crippen molar-refractivity contribution in [3.8, 4) is 11.5 Å². The van der Waals surface area contributed by atoms with E-state index in [-0.39, 0.29) is 0 Å². The molecule has 6 heteroatoms. The third-order valence-corrected chi connectivity index (χ3v) is 5.87. The van der Waals surface area contributed by atoms with Gasteiger partial charge in [-0.2, -0.15) is 0 Å². The highest BCUT2D eigenvalue weighted by Crippen LogP contribution is 2.25. The van der Waals surface area contributed by atoms with Gasteiger partial charge in [-0.15, -0.1) is 0 Å². The van der Waals surface area contributed by atoms with Gasteiger partial charge in [0.2, 0.25) is 12.6 Å². The van der Waals surface area contributed by atoms with Gasteiger partial charge in [-0.05, 0) is 60.1 Å². The molecule has 2 atom stereocenters. The first kappa shape index (κ1) is 26.5. The molecule has 0 N–H and O–H groups in total. The Morgan fingerprint density at radius 1 is 0.676 bits per heavy atom. The first-order chi connectivity index (χ1) is 16.3. The highest BCUT2D eigenvalue weighted by atomic mass is 16.8. The Morgan fingerprint density at radius 3 is 1.47 bits per heavy atom. The van der Waals surface area contributed by atoms with Gasteiger partial charge in [-0.3, -0.25) is 0 Å². The van der Waals surface area contributed by atoms with Crippen molar-refractivity contribution in [2.45, 2.75) is 66.0 Å². The highest BCUT2D eigenvalue weighted by molar-refractivity contribution is 5.38. The fourth-order valence-electron chi connectivity index (χ4n) is 3.63. The summed E-state index contributed by atoms with van der Waals surface area (Å²) in [5.74, 6) is 2.68. The van der Waals surface area contributed by atoms with Crippen molar-refractivity contribution in [1.82, 2.24) is 0 Å². The monoisotopic (exact) mass is 472 g/mol. The third-order valence-electron chi connectivity index (χ3n) is 5.87. The molecule has 3 rings (SSSR count). The molecule has 1 aliphatic rings. The molecule has 0 radical (unpaired) electrons. The van der Waals surface area contributed by atoms with Crippen molar-refractivity contribution in [3.63, 3.8) is 0 Å². The van der Waals surface area contributed by atoms with Gasteiger partial charge in [0.25, 0.3) is 0 Å². The minimum absolute atomic E-state index is 0.372. The SMILES string of the molecule is Cc1ccc(C(C)C)cc1OCCOC1OCCOC1OCCOc1cc(C(C)C)ccc1C. The molecule has 34 heavy (non-hydrogen) atoms. The van der Waals surface area contributed by atoms with E-state index in [1.807, 2.05) is 13.8 Å². The fourth-order valence-corrected chi connectivity index (χ4v) is 3.63. The van der Waals surface area contributed by atoms with E-state index >= 15 is 0 Å². The number of ether oxygens (including phenoxy) is 6. The Balaban J connectivity index is 1.42. The predicted octanol–water partition coefficient (Wildman–Crippen LogP) is 5.74. The van der Waals surface area contributed by atoms with Crippen LogP contribution in [-0.2, 0) is 18.9 Å². The molecule has 2 unspecified atom stereocenters. The molecule has 6 nitrogen and oxygen atoms in total. The maximum Gasteiger partial charge on any atom is 0.209 e. The van der Waals surface area contributed by atoms with E-state index in [1.165, 1.54) is 11.1 Å². The van der Waals surface area contributed by atoms with E-state index in [4.69, 9.17) is 28.4 Å². The van der Waals surface area contributed by atoms with E-state index in [0.29, 0.717) is 51.5 Å². The summed E-state index contributed by atoms with van der Waals surface area (Å²) in [7, 11) is 0. The Morgan fingerprint density at radius 2 is 1.09 bits per heavy atom. The molecule has 1 aliphatic heterocycles. The summed E-state index contributed by atoms with van der Waals surface area (Å²) in [6, 6.07) is 12.7. The zero-order chi connectivity index (χ0) is 24.5. The molecule has 0 saturated carbocycles. The van der Waals surface area contributed by atoms with Crippen LogP contribution in [-0.4, -0.2) is 52.2 Å². The van der Waals surface area contributed by atoms with E-state index in [0.717, 1.165) is 22.6 Å². The van der Waals surface area contributed by atoms with E-state index in [9.17, 15) is 0 Å². The van der Waals surface area contributed by atoms with Gasteiger partial charge in [0.05, 0.1) is 26.4 Å². The number of rotatable bonds is 12. The van der Waals surface area contributed by atoms with Crippen molar-refractivity contribution >= 4 is 0 Å². The summed E-state index contributed by atoms with van der Waals surface area (Å²) in [4.78, 5) is 0. The third kappa shape index (κ3) is 7.70. The largest absolute Gasteiger partial charge is 0.491 e. The topological polar surface area (TPSA) is 55.4 Å². The molecule has 0 spiro atoms. The van der Waals surface area contributed by atoms with Crippen LogP contribution in [0.4, 0.5) is 0 Å². The van der Waals surface area contributed by atoms with Gasteiger partial charge in [0.1, 0.15) is 24.7 Å². The Bertz CT molecular complexity index is 821. The molecule has 2 aromatic carbocycles. The van der Waals surface area contributed by atoms with Crippen molar-refractivity contribution in [3.05, 3.63) is 58.7 Å². The van der Waals surface area contributed by atoms with Crippen LogP contribution in [0.1, 0.15) is 61.8 Å². The van der Waals surface area contributed by atoms with E-state index in [1.54, 1.807) is 0 Å². The summed E-state index contributed by atoms with van der Waals surface area (Å²) in [5, 5.41) is 0. The minimum Gasteiger partial charge on any atom is -0.491 e. The molecular formula is C28H40O6. The molecule has 0 amide bonds. The lowest BCUT2D eigenvalue weighted by Crippen LogP contribution is -2.43. The van der Waals surface area contributed by atoms with Gasteiger partial charge in [-0.25, -0.2) is 0 Å². The Hall–Kier alpha value is -2.12. The second-order valence-electron chi connectivity index (χ2n) is 9.28. The average molecular weight is 473 g/mol. The quantitative estimate of drug-likeness (QED) is 0.367. The zero-order valence-electron chi connectivity index (χ0n) is 21.5. The van der Waals surface area contributed by atoms with Crippen LogP contribution in [0.5, 0.6) is 11.5 Å². The lowest BCUT2D eigenvalue weighted by atomic mass is 10.0. The molecule has 0 bridgehead atoms. The van der Waals surface area contributed by atoms with Crippen LogP contribution < -0.4 is 9.47 Å². The van der Waals surface area contributed by atoms with Crippen molar-refractivity contribution in [2.75, 3.05) is 39.6 Å². The fraction of sp³-hybridized carbons (Fsp3) is 0.571. The predicted molar refractivity (Wildman–Crippen MR) is 133 cm³/mol. The van der Waals surface area contributed by atoms with Crippen LogP contribution in [0.3, 0.4) is 0 Å². The second kappa shape index (κ2) is 13.1. The van der Waals surface area contributed by atoms with Crippen molar-refractivity contribution < 1.29 is 28.4 Å². The lowest BCUT2D eigenvalue weighted by Gasteiger charge is -2.31. The summed E-state index contributed by atoms with van der Waals surface area (Å²) in [6.07, 6.45) is -1.18. The van der Waals surface area contributed by atoms with Crippen LogP contribution >= 0.6 is 0 Å². The van der Waals surface area contributed by atoms with Crippen molar-refractivity contribution in [1.29, 1.82) is 0 Å². The van der Waals surface area contributed by atoms with Crippen LogP contribution in [0.15, 0.2) is 36.4 Å². The van der Waals surface area contributed by atoms with Gasteiger partial charge < -0.3 is 28.4 Å². The van der Waals surface area contributed by atoms with Crippen LogP contribution in [0, 0.1) is 13.8 Å². The molecule has 188 valence electrons. The summed E-state index contributed by atoms with van der Waals surface area (Å²) in [6.45, 7) is 15.3. The molecule has 0 aliphatic carbocycles. The number of aryl methyl sites for hydroxylation is 2. The average Bonchev–Trinajstić information content (AvgIpc) is 2.82. The summed E-state index contributed by atoms with van der Waals surface area (Å²) < 4.78 is 35.1.